The summed E-state index contributed by atoms with van der Waals surface area (Å²) in [6, 6.07) is 6.49. The zero-order chi connectivity index (χ0) is 11.1. The van der Waals surface area contributed by atoms with E-state index in [1.807, 2.05) is 0 Å². The summed E-state index contributed by atoms with van der Waals surface area (Å²) < 4.78 is 1.19. The maximum absolute atomic E-state index is 3.62. The van der Waals surface area contributed by atoms with Crippen molar-refractivity contribution in [3.8, 4) is 0 Å². The molecule has 0 bridgehead atoms. The largest absolute Gasteiger partial charge is 0.357 e. The van der Waals surface area contributed by atoms with Crippen molar-refractivity contribution >= 4 is 26.8 Å². The number of aryl methyl sites for hydroxylation is 1. The molecular formula is C14H16BrN. The van der Waals surface area contributed by atoms with Crippen molar-refractivity contribution in [2.45, 2.75) is 32.6 Å². The van der Waals surface area contributed by atoms with E-state index in [2.05, 4.69) is 46.0 Å². The molecule has 16 heavy (non-hydrogen) atoms. The molecule has 1 aromatic heterocycles. The molecule has 0 saturated heterocycles. The van der Waals surface area contributed by atoms with Gasteiger partial charge in [-0.25, -0.2) is 0 Å². The molecule has 1 N–H and O–H groups in total. The topological polar surface area (TPSA) is 15.8 Å². The lowest BCUT2D eigenvalue weighted by Crippen LogP contribution is -2.12. The fraction of sp³-hybridized carbons (Fsp3) is 0.429. The van der Waals surface area contributed by atoms with Crippen molar-refractivity contribution in [1.82, 2.24) is 4.98 Å². The summed E-state index contributed by atoms with van der Waals surface area (Å²) in [4.78, 5) is 3.58. The van der Waals surface area contributed by atoms with Gasteiger partial charge in [0.05, 0.1) is 5.52 Å². The first kappa shape index (κ1) is 10.4. The molecular weight excluding hydrogens is 262 g/mol. The second-order valence-electron chi connectivity index (χ2n) is 4.76. The highest BCUT2D eigenvalue weighted by atomic mass is 79.9. The van der Waals surface area contributed by atoms with Crippen LogP contribution in [0, 0.1) is 5.92 Å². The van der Waals surface area contributed by atoms with Gasteiger partial charge in [0.25, 0.3) is 0 Å². The molecule has 0 amide bonds. The number of fused-ring (bicyclic) bond motifs is 3. The van der Waals surface area contributed by atoms with Crippen LogP contribution in [-0.2, 0) is 12.8 Å². The first-order valence-electron chi connectivity index (χ1n) is 6.07. The average molecular weight is 278 g/mol. The third-order valence-electron chi connectivity index (χ3n) is 3.85. The molecule has 0 fully saturated rings. The number of nitrogens with one attached hydrogen (secondary N) is 1. The Morgan fingerprint density at radius 2 is 2.31 bits per heavy atom. The molecule has 0 saturated carbocycles. The van der Waals surface area contributed by atoms with Crippen LogP contribution in [0.5, 0.6) is 0 Å². The van der Waals surface area contributed by atoms with Gasteiger partial charge in [-0.3, -0.25) is 0 Å². The SMILES string of the molecule is CCC1CCc2[nH]c3c(Br)cccc3c2C1. The van der Waals surface area contributed by atoms with Gasteiger partial charge in [0.1, 0.15) is 0 Å². The Bertz CT molecular complexity index is 527. The van der Waals surface area contributed by atoms with Crippen molar-refractivity contribution < 1.29 is 0 Å². The van der Waals surface area contributed by atoms with Gasteiger partial charge in [-0.1, -0.05) is 25.5 Å². The number of H-pyrrole nitrogens is 1. The van der Waals surface area contributed by atoms with E-state index in [0.29, 0.717) is 0 Å². The van der Waals surface area contributed by atoms with Crippen LogP contribution in [0.3, 0.4) is 0 Å². The second-order valence-corrected chi connectivity index (χ2v) is 5.62. The lowest BCUT2D eigenvalue weighted by molar-refractivity contribution is 0.444. The fourth-order valence-corrected chi connectivity index (χ4v) is 3.29. The van der Waals surface area contributed by atoms with Gasteiger partial charge in [0, 0.05) is 15.6 Å². The fourth-order valence-electron chi connectivity index (χ4n) is 2.83. The van der Waals surface area contributed by atoms with Crippen LogP contribution in [0.2, 0.25) is 0 Å². The molecule has 1 unspecified atom stereocenters. The Morgan fingerprint density at radius 3 is 3.12 bits per heavy atom. The van der Waals surface area contributed by atoms with Gasteiger partial charge in [-0.05, 0) is 52.7 Å². The van der Waals surface area contributed by atoms with Crippen LogP contribution in [0.4, 0.5) is 0 Å². The van der Waals surface area contributed by atoms with Crippen molar-refractivity contribution in [3.63, 3.8) is 0 Å². The van der Waals surface area contributed by atoms with E-state index in [4.69, 9.17) is 0 Å². The monoisotopic (exact) mass is 277 g/mol. The van der Waals surface area contributed by atoms with Gasteiger partial charge in [0.2, 0.25) is 0 Å². The number of aromatic nitrogens is 1. The number of rotatable bonds is 1. The van der Waals surface area contributed by atoms with Gasteiger partial charge < -0.3 is 4.98 Å². The molecule has 1 heterocycles. The van der Waals surface area contributed by atoms with E-state index in [-0.39, 0.29) is 0 Å². The Balaban J connectivity index is 2.18. The van der Waals surface area contributed by atoms with E-state index in [9.17, 15) is 0 Å². The molecule has 1 atom stereocenters. The summed E-state index contributed by atoms with van der Waals surface area (Å²) >= 11 is 3.62. The quantitative estimate of drug-likeness (QED) is 0.793. The molecule has 3 rings (SSSR count). The van der Waals surface area contributed by atoms with Crippen LogP contribution in [-0.4, -0.2) is 4.98 Å². The number of benzene rings is 1. The third kappa shape index (κ3) is 1.51. The minimum Gasteiger partial charge on any atom is -0.357 e. The molecule has 1 aliphatic rings. The van der Waals surface area contributed by atoms with Crippen LogP contribution in [0.25, 0.3) is 10.9 Å². The Hall–Kier alpha value is -0.760. The maximum atomic E-state index is 3.62. The van der Waals surface area contributed by atoms with Crippen LogP contribution >= 0.6 is 15.9 Å². The van der Waals surface area contributed by atoms with Gasteiger partial charge >= 0.3 is 0 Å². The second kappa shape index (κ2) is 3.92. The summed E-state index contributed by atoms with van der Waals surface area (Å²) in [5, 5.41) is 1.42. The maximum Gasteiger partial charge on any atom is 0.0603 e. The highest BCUT2D eigenvalue weighted by molar-refractivity contribution is 9.10. The average Bonchev–Trinajstić information content (AvgIpc) is 2.68. The van der Waals surface area contributed by atoms with Gasteiger partial charge in [0.15, 0.2) is 0 Å². The zero-order valence-electron chi connectivity index (χ0n) is 9.52. The summed E-state index contributed by atoms with van der Waals surface area (Å²) in [7, 11) is 0. The standard InChI is InChI=1S/C14H16BrN/c1-2-9-6-7-13-11(8-9)10-4-3-5-12(15)14(10)16-13/h3-5,9,16H,2,6-8H2,1H3. The highest BCUT2D eigenvalue weighted by Crippen LogP contribution is 2.35. The van der Waals surface area contributed by atoms with Crippen molar-refractivity contribution in [3.05, 3.63) is 33.9 Å². The minimum absolute atomic E-state index is 0.880. The van der Waals surface area contributed by atoms with Gasteiger partial charge in [-0.2, -0.15) is 0 Å². The molecule has 0 radical (unpaired) electrons. The smallest absolute Gasteiger partial charge is 0.0603 e. The highest BCUT2D eigenvalue weighted by Gasteiger charge is 2.21. The van der Waals surface area contributed by atoms with E-state index in [1.54, 1.807) is 5.56 Å². The number of para-hydroxylation sites is 1. The van der Waals surface area contributed by atoms with E-state index in [1.165, 1.54) is 46.8 Å². The van der Waals surface area contributed by atoms with Crippen LogP contribution in [0.15, 0.2) is 22.7 Å². The number of aromatic amines is 1. The molecule has 1 nitrogen and oxygen atoms in total. The predicted molar refractivity (Wildman–Crippen MR) is 71.8 cm³/mol. The number of hydrogen-bond donors (Lipinski definition) is 1. The number of hydrogen-bond acceptors (Lipinski definition) is 0. The van der Waals surface area contributed by atoms with E-state index in [0.717, 1.165) is 5.92 Å². The molecule has 1 aromatic carbocycles. The molecule has 2 heteroatoms. The Labute approximate surface area is 104 Å². The zero-order valence-corrected chi connectivity index (χ0v) is 11.1. The first-order chi connectivity index (χ1) is 7.79. The minimum atomic E-state index is 0.880. The lowest BCUT2D eigenvalue weighted by atomic mass is 9.85. The van der Waals surface area contributed by atoms with Crippen LogP contribution < -0.4 is 0 Å². The summed E-state index contributed by atoms with van der Waals surface area (Å²) in [5.74, 6) is 0.880. The van der Waals surface area contributed by atoms with Crippen molar-refractivity contribution in [2.75, 3.05) is 0 Å². The first-order valence-corrected chi connectivity index (χ1v) is 6.86. The molecule has 0 spiro atoms. The van der Waals surface area contributed by atoms with Crippen molar-refractivity contribution in [1.29, 1.82) is 0 Å². The summed E-state index contributed by atoms with van der Waals surface area (Å²) in [6.45, 7) is 2.31. The van der Waals surface area contributed by atoms with Crippen LogP contribution in [0.1, 0.15) is 31.0 Å². The van der Waals surface area contributed by atoms with E-state index < -0.39 is 0 Å². The summed E-state index contributed by atoms with van der Waals surface area (Å²) in [5.41, 5.74) is 4.31. The number of halogens is 1. The molecule has 0 aliphatic heterocycles. The Morgan fingerprint density at radius 1 is 1.44 bits per heavy atom. The normalized spacial score (nSPS) is 20.0. The van der Waals surface area contributed by atoms with Crippen molar-refractivity contribution in [2.24, 2.45) is 5.92 Å². The third-order valence-corrected chi connectivity index (χ3v) is 4.51. The molecule has 2 aromatic rings. The lowest BCUT2D eigenvalue weighted by Gasteiger charge is -2.20. The summed E-state index contributed by atoms with van der Waals surface area (Å²) in [6.07, 6.45) is 5.12. The molecule has 84 valence electrons. The Kier molecular flexibility index (Phi) is 2.55. The van der Waals surface area contributed by atoms with E-state index >= 15 is 0 Å². The predicted octanol–water partition coefficient (Wildman–Crippen LogP) is 4.45. The van der Waals surface area contributed by atoms with Gasteiger partial charge in [-0.15, -0.1) is 0 Å². The molecule has 1 aliphatic carbocycles.